The number of methoxy groups -OCH3 is 1. The first-order valence-electron chi connectivity index (χ1n) is 5.99. The number of carbonyl (C=O) groups is 1. The minimum atomic E-state index is -0.367. The first-order chi connectivity index (χ1) is 8.97. The molecule has 0 aromatic heterocycles. The summed E-state index contributed by atoms with van der Waals surface area (Å²) in [5.74, 6) is 0.509. The van der Waals surface area contributed by atoms with E-state index in [0.29, 0.717) is 16.5 Å². The Kier molecular flexibility index (Phi) is 5.92. The number of amides is 2. The number of anilines is 1. The molecule has 2 unspecified atom stereocenters. The fraction of sp³-hybridized carbons (Fsp3) is 0.462. The molecule has 3 N–H and O–H groups in total. The summed E-state index contributed by atoms with van der Waals surface area (Å²) in [6.45, 7) is 3.70. The van der Waals surface area contributed by atoms with Crippen molar-refractivity contribution in [3.05, 3.63) is 23.2 Å². The van der Waals surface area contributed by atoms with Gasteiger partial charge in [0.25, 0.3) is 0 Å². The Hall–Kier alpha value is -1.46. The molecule has 0 spiro atoms. The highest BCUT2D eigenvalue weighted by Gasteiger charge is 2.15. The molecular weight excluding hydrogens is 268 g/mol. The second-order valence-electron chi connectivity index (χ2n) is 4.39. The number of halogens is 1. The van der Waals surface area contributed by atoms with E-state index in [1.165, 1.54) is 7.11 Å². The van der Waals surface area contributed by atoms with Gasteiger partial charge in [0, 0.05) is 17.7 Å². The predicted octanol–water partition coefficient (Wildman–Crippen LogP) is 2.49. The maximum absolute atomic E-state index is 11.8. The van der Waals surface area contributed by atoms with Gasteiger partial charge in [0.15, 0.2) is 0 Å². The largest absolute Gasteiger partial charge is 0.495 e. The van der Waals surface area contributed by atoms with Crippen LogP contribution in [0.15, 0.2) is 18.2 Å². The molecule has 0 aliphatic heterocycles. The summed E-state index contributed by atoms with van der Waals surface area (Å²) >= 11 is 5.88. The van der Waals surface area contributed by atoms with Crippen molar-refractivity contribution in [2.75, 3.05) is 19.0 Å². The lowest BCUT2D eigenvalue weighted by atomic mass is 10.1. The zero-order chi connectivity index (χ0) is 14.4. The Bertz CT molecular complexity index is 440. The summed E-state index contributed by atoms with van der Waals surface area (Å²) in [7, 11) is 1.52. The van der Waals surface area contributed by atoms with Crippen LogP contribution in [0.4, 0.5) is 10.5 Å². The predicted molar refractivity (Wildman–Crippen MR) is 75.9 cm³/mol. The highest BCUT2D eigenvalue weighted by Crippen LogP contribution is 2.27. The van der Waals surface area contributed by atoms with Gasteiger partial charge < -0.3 is 20.5 Å². The average molecular weight is 287 g/mol. The topological polar surface area (TPSA) is 70.6 Å². The number of rotatable bonds is 5. The van der Waals surface area contributed by atoms with Gasteiger partial charge >= 0.3 is 6.03 Å². The molecule has 1 rings (SSSR count). The second kappa shape index (κ2) is 7.21. The molecular formula is C13H19ClN2O3. The molecule has 5 nitrogen and oxygen atoms in total. The summed E-state index contributed by atoms with van der Waals surface area (Å²) in [6.07, 6.45) is 0. The van der Waals surface area contributed by atoms with E-state index >= 15 is 0 Å². The number of nitrogens with one attached hydrogen (secondary N) is 2. The van der Waals surface area contributed by atoms with Crippen LogP contribution in [0.3, 0.4) is 0 Å². The van der Waals surface area contributed by atoms with E-state index in [2.05, 4.69) is 10.6 Å². The molecule has 6 heteroatoms. The first kappa shape index (κ1) is 15.6. The van der Waals surface area contributed by atoms with Crippen LogP contribution < -0.4 is 15.4 Å². The Balaban J connectivity index is 2.69. The van der Waals surface area contributed by atoms with Crippen molar-refractivity contribution in [3.8, 4) is 5.75 Å². The van der Waals surface area contributed by atoms with E-state index in [1.807, 2.05) is 13.8 Å². The third-order valence-corrected chi connectivity index (χ3v) is 3.15. The molecule has 2 amide bonds. The zero-order valence-electron chi connectivity index (χ0n) is 11.2. The van der Waals surface area contributed by atoms with Crippen LogP contribution in [-0.2, 0) is 0 Å². The molecule has 0 heterocycles. The SMILES string of the molecule is COc1ccc(Cl)cc1NC(=O)NC(C)C(C)CO. The fourth-order valence-corrected chi connectivity index (χ4v) is 1.62. The van der Waals surface area contributed by atoms with Crippen molar-refractivity contribution >= 4 is 23.3 Å². The minimum Gasteiger partial charge on any atom is -0.495 e. The normalized spacial score (nSPS) is 13.5. The zero-order valence-corrected chi connectivity index (χ0v) is 12.0. The monoisotopic (exact) mass is 286 g/mol. The maximum atomic E-state index is 11.8. The van der Waals surface area contributed by atoms with Crippen molar-refractivity contribution in [1.82, 2.24) is 5.32 Å². The van der Waals surface area contributed by atoms with Crippen LogP contribution in [0, 0.1) is 5.92 Å². The summed E-state index contributed by atoms with van der Waals surface area (Å²) in [6, 6.07) is 4.46. The first-order valence-corrected chi connectivity index (χ1v) is 6.37. The van der Waals surface area contributed by atoms with Crippen molar-refractivity contribution in [1.29, 1.82) is 0 Å². The van der Waals surface area contributed by atoms with E-state index in [-0.39, 0.29) is 24.6 Å². The molecule has 19 heavy (non-hydrogen) atoms. The number of urea groups is 1. The number of hydrogen-bond acceptors (Lipinski definition) is 3. The molecule has 0 aliphatic carbocycles. The number of hydrogen-bond donors (Lipinski definition) is 3. The third-order valence-electron chi connectivity index (χ3n) is 2.91. The van der Waals surface area contributed by atoms with Crippen LogP contribution in [0.2, 0.25) is 5.02 Å². The van der Waals surface area contributed by atoms with Crippen LogP contribution in [-0.4, -0.2) is 30.9 Å². The van der Waals surface area contributed by atoms with E-state index < -0.39 is 0 Å². The lowest BCUT2D eigenvalue weighted by Gasteiger charge is -2.20. The molecule has 0 fully saturated rings. The van der Waals surface area contributed by atoms with E-state index in [0.717, 1.165) is 0 Å². The highest BCUT2D eigenvalue weighted by molar-refractivity contribution is 6.31. The molecule has 1 aromatic carbocycles. The number of aliphatic hydroxyl groups is 1. The Labute approximate surface area is 117 Å². The Morgan fingerprint density at radius 3 is 2.74 bits per heavy atom. The van der Waals surface area contributed by atoms with Gasteiger partial charge in [0.05, 0.1) is 12.8 Å². The number of ether oxygens (including phenoxy) is 1. The quantitative estimate of drug-likeness (QED) is 0.779. The van der Waals surface area contributed by atoms with Gasteiger partial charge in [-0.15, -0.1) is 0 Å². The van der Waals surface area contributed by atoms with Crippen molar-refractivity contribution in [2.45, 2.75) is 19.9 Å². The van der Waals surface area contributed by atoms with Crippen LogP contribution in [0.5, 0.6) is 5.75 Å². The minimum absolute atomic E-state index is 0.0158. The maximum Gasteiger partial charge on any atom is 0.319 e. The van der Waals surface area contributed by atoms with Gasteiger partial charge in [-0.2, -0.15) is 0 Å². The third kappa shape index (κ3) is 4.61. The summed E-state index contributed by atoms with van der Waals surface area (Å²) in [5, 5.41) is 14.9. The molecule has 0 saturated carbocycles. The number of carbonyl (C=O) groups excluding carboxylic acids is 1. The highest BCUT2D eigenvalue weighted by atomic mass is 35.5. The molecule has 106 valence electrons. The van der Waals surface area contributed by atoms with Crippen LogP contribution in [0.1, 0.15) is 13.8 Å². The summed E-state index contributed by atoms with van der Waals surface area (Å²) in [4.78, 5) is 11.8. The van der Waals surface area contributed by atoms with Crippen molar-refractivity contribution in [2.24, 2.45) is 5.92 Å². The molecule has 0 bridgehead atoms. The lowest BCUT2D eigenvalue weighted by molar-refractivity contribution is 0.204. The van der Waals surface area contributed by atoms with Crippen LogP contribution >= 0.6 is 11.6 Å². The Morgan fingerprint density at radius 1 is 1.47 bits per heavy atom. The second-order valence-corrected chi connectivity index (χ2v) is 4.83. The van der Waals surface area contributed by atoms with Crippen molar-refractivity contribution < 1.29 is 14.6 Å². The molecule has 0 saturated heterocycles. The molecule has 1 aromatic rings. The number of aliphatic hydroxyl groups excluding tert-OH is 1. The summed E-state index contributed by atoms with van der Waals surface area (Å²) < 4.78 is 5.13. The van der Waals surface area contributed by atoms with Gasteiger partial charge in [-0.1, -0.05) is 18.5 Å². The fourth-order valence-electron chi connectivity index (χ4n) is 1.44. The van der Waals surface area contributed by atoms with Crippen LogP contribution in [0.25, 0.3) is 0 Å². The Morgan fingerprint density at radius 2 is 2.16 bits per heavy atom. The van der Waals surface area contributed by atoms with Gasteiger partial charge in [-0.3, -0.25) is 0 Å². The van der Waals surface area contributed by atoms with Gasteiger partial charge in [-0.05, 0) is 31.0 Å². The van der Waals surface area contributed by atoms with Crippen molar-refractivity contribution in [3.63, 3.8) is 0 Å². The molecule has 0 radical (unpaired) electrons. The van der Waals surface area contributed by atoms with Gasteiger partial charge in [0.2, 0.25) is 0 Å². The molecule has 2 atom stereocenters. The summed E-state index contributed by atoms with van der Waals surface area (Å²) in [5.41, 5.74) is 0.497. The number of benzene rings is 1. The lowest BCUT2D eigenvalue weighted by Crippen LogP contribution is -2.40. The average Bonchev–Trinajstić information content (AvgIpc) is 2.37. The van der Waals surface area contributed by atoms with E-state index in [1.54, 1.807) is 18.2 Å². The smallest absolute Gasteiger partial charge is 0.319 e. The van der Waals surface area contributed by atoms with E-state index in [4.69, 9.17) is 21.4 Å². The van der Waals surface area contributed by atoms with E-state index in [9.17, 15) is 4.79 Å². The molecule has 0 aliphatic rings. The van der Waals surface area contributed by atoms with Gasteiger partial charge in [0.1, 0.15) is 5.75 Å². The standard InChI is InChI=1S/C13H19ClN2O3/c1-8(7-17)9(2)15-13(18)16-11-6-10(14)4-5-12(11)19-3/h4-6,8-9,17H,7H2,1-3H3,(H2,15,16,18). The van der Waals surface area contributed by atoms with Gasteiger partial charge in [-0.25, -0.2) is 4.79 Å².